The van der Waals surface area contributed by atoms with Crippen molar-refractivity contribution in [3.8, 4) is 0 Å². The molecule has 0 unspecified atom stereocenters. The van der Waals surface area contributed by atoms with Crippen molar-refractivity contribution in [2.45, 2.75) is 26.2 Å². The van der Waals surface area contributed by atoms with Crippen LogP contribution in [0.2, 0.25) is 0 Å². The van der Waals surface area contributed by atoms with Crippen molar-refractivity contribution in [2.75, 3.05) is 27.2 Å². The van der Waals surface area contributed by atoms with Crippen molar-refractivity contribution in [1.29, 1.82) is 0 Å². The molecule has 1 aromatic carbocycles. The van der Waals surface area contributed by atoms with Crippen molar-refractivity contribution < 1.29 is 9.53 Å². The molecule has 2 N–H and O–H groups in total. The number of ether oxygens (including phenoxy) is 1. The van der Waals surface area contributed by atoms with Gasteiger partial charge in [-0.2, -0.15) is 0 Å². The standard InChI is InChI=1S/C19H26N4O2S/c1-4-16-13-23-17(26-16)10-12-22-19(20-2)21-11-9-14-5-7-15(8-6-14)18(24)25-3/h5-8,13H,4,9-12H2,1-3H3,(H2,20,21,22). The zero-order valence-electron chi connectivity index (χ0n) is 15.5. The third-order valence-corrected chi connectivity index (χ3v) is 5.09. The zero-order valence-corrected chi connectivity index (χ0v) is 16.4. The molecule has 1 aromatic heterocycles. The number of hydrogen-bond acceptors (Lipinski definition) is 5. The number of thiazole rings is 1. The Morgan fingerprint density at radius 3 is 2.46 bits per heavy atom. The van der Waals surface area contributed by atoms with Crippen molar-refractivity contribution >= 4 is 23.3 Å². The first-order valence-electron chi connectivity index (χ1n) is 8.71. The highest BCUT2D eigenvalue weighted by atomic mass is 32.1. The van der Waals surface area contributed by atoms with Crippen LogP contribution in [0.3, 0.4) is 0 Å². The molecule has 7 heteroatoms. The Balaban J connectivity index is 1.70. The first-order valence-corrected chi connectivity index (χ1v) is 9.53. The minimum atomic E-state index is -0.314. The molecule has 0 bridgehead atoms. The monoisotopic (exact) mass is 374 g/mol. The predicted molar refractivity (Wildman–Crippen MR) is 106 cm³/mol. The quantitative estimate of drug-likeness (QED) is 0.422. The van der Waals surface area contributed by atoms with Crippen LogP contribution in [0, 0.1) is 0 Å². The van der Waals surface area contributed by atoms with E-state index in [1.54, 1.807) is 30.5 Å². The summed E-state index contributed by atoms with van der Waals surface area (Å²) in [7, 11) is 3.15. The van der Waals surface area contributed by atoms with Crippen LogP contribution in [0.5, 0.6) is 0 Å². The summed E-state index contributed by atoms with van der Waals surface area (Å²) in [6.07, 6.45) is 4.72. The van der Waals surface area contributed by atoms with Gasteiger partial charge in [0.1, 0.15) is 0 Å². The van der Waals surface area contributed by atoms with Gasteiger partial charge in [-0.05, 0) is 30.5 Å². The highest BCUT2D eigenvalue weighted by molar-refractivity contribution is 7.11. The Hall–Kier alpha value is -2.41. The summed E-state index contributed by atoms with van der Waals surface area (Å²) in [6, 6.07) is 7.45. The average molecular weight is 375 g/mol. The highest BCUT2D eigenvalue weighted by Gasteiger charge is 2.05. The molecule has 0 atom stereocenters. The molecule has 0 saturated heterocycles. The van der Waals surface area contributed by atoms with Crippen LogP contribution >= 0.6 is 11.3 Å². The summed E-state index contributed by atoms with van der Waals surface area (Å²) in [6.45, 7) is 3.70. The first kappa shape index (κ1) is 19.9. The van der Waals surface area contributed by atoms with Gasteiger partial charge in [0, 0.05) is 37.6 Å². The molecule has 26 heavy (non-hydrogen) atoms. The minimum Gasteiger partial charge on any atom is -0.465 e. The Bertz CT molecular complexity index is 725. The molecular weight excluding hydrogens is 348 g/mol. The van der Waals surface area contributed by atoms with E-state index in [0.29, 0.717) is 5.56 Å². The number of aryl methyl sites for hydroxylation is 1. The summed E-state index contributed by atoms with van der Waals surface area (Å²) in [5.41, 5.74) is 1.71. The second-order valence-electron chi connectivity index (χ2n) is 5.69. The van der Waals surface area contributed by atoms with Crippen LogP contribution in [0.15, 0.2) is 35.5 Å². The Kier molecular flexibility index (Phi) is 8.08. The topological polar surface area (TPSA) is 75.6 Å². The lowest BCUT2D eigenvalue weighted by Crippen LogP contribution is -2.39. The first-order chi connectivity index (χ1) is 12.7. The second-order valence-corrected chi connectivity index (χ2v) is 6.89. The molecule has 6 nitrogen and oxygen atoms in total. The van der Waals surface area contributed by atoms with Crippen LogP contribution in [-0.2, 0) is 24.0 Å². The number of nitrogens with zero attached hydrogens (tertiary/aromatic N) is 2. The van der Waals surface area contributed by atoms with Crippen molar-refractivity contribution in [3.05, 3.63) is 51.5 Å². The van der Waals surface area contributed by atoms with Gasteiger partial charge in [-0.3, -0.25) is 4.99 Å². The minimum absolute atomic E-state index is 0.314. The Morgan fingerprint density at radius 1 is 1.19 bits per heavy atom. The highest BCUT2D eigenvalue weighted by Crippen LogP contribution is 2.13. The van der Waals surface area contributed by atoms with Gasteiger partial charge in [-0.15, -0.1) is 11.3 Å². The molecular formula is C19H26N4O2S. The van der Waals surface area contributed by atoms with Crippen LogP contribution in [0.25, 0.3) is 0 Å². The van der Waals surface area contributed by atoms with E-state index < -0.39 is 0 Å². The smallest absolute Gasteiger partial charge is 0.337 e. The molecule has 1 heterocycles. The summed E-state index contributed by atoms with van der Waals surface area (Å²) in [4.78, 5) is 21.4. The number of guanidine groups is 1. The number of methoxy groups -OCH3 is 1. The number of carbonyl (C=O) groups excluding carboxylic acids is 1. The fourth-order valence-electron chi connectivity index (χ4n) is 2.39. The molecule has 0 amide bonds. The molecule has 0 aliphatic carbocycles. The zero-order chi connectivity index (χ0) is 18.8. The van der Waals surface area contributed by atoms with Crippen LogP contribution in [-0.4, -0.2) is 44.2 Å². The number of aliphatic imine (C=N–C) groups is 1. The second kappa shape index (κ2) is 10.6. The van der Waals surface area contributed by atoms with Gasteiger partial charge in [0.15, 0.2) is 5.96 Å². The molecule has 0 radical (unpaired) electrons. The van der Waals surface area contributed by atoms with E-state index in [2.05, 4.69) is 27.5 Å². The van der Waals surface area contributed by atoms with Gasteiger partial charge in [-0.1, -0.05) is 19.1 Å². The molecule has 2 aromatic rings. The molecule has 0 spiro atoms. The number of rotatable bonds is 8. The van der Waals surface area contributed by atoms with E-state index in [0.717, 1.165) is 48.9 Å². The van der Waals surface area contributed by atoms with Crippen LogP contribution in [0.4, 0.5) is 0 Å². The number of carbonyl (C=O) groups is 1. The molecule has 0 aliphatic heterocycles. The summed E-state index contributed by atoms with van der Waals surface area (Å²) >= 11 is 1.77. The van der Waals surface area contributed by atoms with Crippen LogP contribution in [0.1, 0.15) is 32.7 Å². The van der Waals surface area contributed by atoms with Crippen molar-refractivity contribution in [3.63, 3.8) is 0 Å². The number of aromatic nitrogens is 1. The lowest BCUT2D eigenvalue weighted by molar-refractivity contribution is 0.0600. The van der Waals surface area contributed by atoms with E-state index in [1.807, 2.05) is 18.3 Å². The third-order valence-electron chi connectivity index (χ3n) is 3.89. The normalized spacial score (nSPS) is 11.3. The Morgan fingerprint density at radius 2 is 1.88 bits per heavy atom. The predicted octanol–water partition coefficient (Wildman–Crippen LogP) is 2.44. The fraction of sp³-hybridized carbons (Fsp3) is 0.421. The number of nitrogens with one attached hydrogen (secondary N) is 2. The van der Waals surface area contributed by atoms with Gasteiger partial charge in [0.2, 0.25) is 0 Å². The third kappa shape index (κ3) is 6.15. The fourth-order valence-corrected chi connectivity index (χ4v) is 3.25. The van der Waals surface area contributed by atoms with E-state index >= 15 is 0 Å². The van der Waals surface area contributed by atoms with E-state index in [-0.39, 0.29) is 5.97 Å². The van der Waals surface area contributed by atoms with Gasteiger partial charge < -0.3 is 15.4 Å². The lowest BCUT2D eigenvalue weighted by atomic mass is 10.1. The largest absolute Gasteiger partial charge is 0.465 e. The van der Waals surface area contributed by atoms with Gasteiger partial charge in [-0.25, -0.2) is 9.78 Å². The molecule has 0 aliphatic rings. The van der Waals surface area contributed by atoms with Crippen molar-refractivity contribution in [1.82, 2.24) is 15.6 Å². The molecule has 0 fully saturated rings. The number of benzene rings is 1. The number of esters is 1. The molecule has 0 saturated carbocycles. The number of hydrogen-bond donors (Lipinski definition) is 2. The van der Waals surface area contributed by atoms with E-state index in [4.69, 9.17) is 4.74 Å². The maximum Gasteiger partial charge on any atom is 0.337 e. The summed E-state index contributed by atoms with van der Waals surface area (Å²) in [5.74, 6) is 0.467. The van der Waals surface area contributed by atoms with Gasteiger partial charge >= 0.3 is 5.97 Å². The summed E-state index contributed by atoms with van der Waals surface area (Å²) < 4.78 is 4.70. The lowest BCUT2D eigenvalue weighted by Gasteiger charge is -2.11. The van der Waals surface area contributed by atoms with Crippen LogP contribution < -0.4 is 10.6 Å². The Labute approximate surface area is 158 Å². The maximum absolute atomic E-state index is 11.4. The van der Waals surface area contributed by atoms with Gasteiger partial charge in [0.25, 0.3) is 0 Å². The van der Waals surface area contributed by atoms with E-state index in [1.165, 1.54) is 12.0 Å². The maximum atomic E-state index is 11.4. The van der Waals surface area contributed by atoms with E-state index in [9.17, 15) is 4.79 Å². The molecule has 140 valence electrons. The average Bonchev–Trinajstić information content (AvgIpc) is 3.14. The summed E-state index contributed by atoms with van der Waals surface area (Å²) in [5, 5.41) is 7.76. The van der Waals surface area contributed by atoms with Gasteiger partial charge in [0.05, 0.1) is 17.7 Å². The SMILES string of the molecule is CCc1cnc(CCNC(=NC)NCCc2ccc(C(=O)OC)cc2)s1. The van der Waals surface area contributed by atoms with Crippen molar-refractivity contribution in [2.24, 2.45) is 4.99 Å². The molecule has 2 rings (SSSR count).